The van der Waals surface area contributed by atoms with Crippen LogP contribution in [0.15, 0.2) is 60.7 Å². The van der Waals surface area contributed by atoms with Gasteiger partial charge in [0.05, 0.1) is 0 Å². The molecule has 3 atom stereocenters. The van der Waals surface area contributed by atoms with E-state index in [-0.39, 0.29) is 5.22 Å². The second-order valence-corrected chi connectivity index (χ2v) is 14.5. The van der Waals surface area contributed by atoms with Crippen molar-refractivity contribution in [3.8, 4) is 0 Å². The average Bonchev–Trinajstić information content (AvgIpc) is 2.62. The highest BCUT2D eigenvalue weighted by atomic mass is 28.4. The fraction of sp³-hybridized carbons (Fsp3) is 0.429. The van der Waals surface area contributed by atoms with Crippen LogP contribution in [-0.4, -0.2) is 22.3 Å². The lowest BCUT2D eigenvalue weighted by atomic mass is 10.2. The lowest BCUT2D eigenvalue weighted by Crippen LogP contribution is -2.60. The molecule has 0 aliphatic carbocycles. The highest BCUT2D eigenvalue weighted by Gasteiger charge is 2.41. The van der Waals surface area contributed by atoms with Crippen LogP contribution in [0.4, 0.5) is 0 Å². The van der Waals surface area contributed by atoms with Gasteiger partial charge in [-0.3, -0.25) is 0 Å². The highest BCUT2D eigenvalue weighted by molar-refractivity contribution is 6.86. The summed E-state index contributed by atoms with van der Waals surface area (Å²) in [5, 5.41) is 2.93. The molecule has 0 bridgehead atoms. The van der Waals surface area contributed by atoms with E-state index in [4.69, 9.17) is 4.43 Å². The van der Waals surface area contributed by atoms with Crippen LogP contribution in [0.1, 0.15) is 33.6 Å². The van der Waals surface area contributed by atoms with Gasteiger partial charge in [-0.2, -0.15) is 0 Å². The Morgan fingerprint density at radius 1 is 0.958 bits per heavy atom. The van der Waals surface area contributed by atoms with Crippen molar-refractivity contribution in [3.05, 3.63) is 60.7 Å². The molecular formula is C21H32OSi2. The molecule has 0 aromatic heterocycles. The van der Waals surface area contributed by atoms with Gasteiger partial charge in [-0.15, -0.1) is 0 Å². The number of hydrogen-bond donors (Lipinski definition) is 0. The molecule has 0 radical (unpaired) electrons. The van der Waals surface area contributed by atoms with E-state index in [1.807, 2.05) is 0 Å². The van der Waals surface area contributed by atoms with Crippen molar-refractivity contribution < 1.29 is 4.43 Å². The molecule has 0 aliphatic rings. The maximum atomic E-state index is 7.12. The van der Waals surface area contributed by atoms with Gasteiger partial charge in [0.2, 0.25) is 8.32 Å². The Balaban J connectivity index is 2.35. The fourth-order valence-corrected chi connectivity index (χ4v) is 10.0. The van der Waals surface area contributed by atoms with E-state index in [9.17, 15) is 0 Å². The minimum absolute atomic E-state index is 0.00290. The number of rotatable bonds is 8. The minimum Gasteiger partial charge on any atom is -0.410 e. The van der Waals surface area contributed by atoms with Gasteiger partial charge in [-0.1, -0.05) is 92.7 Å². The van der Waals surface area contributed by atoms with Crippen LogP contribution in [0.25, 0.3) is 0 Å². The third kappa shape index (κ3) is 4.27. The predicted octanol–water partition coefficient (Wildman–Crippen LogP) is 4.37. The predicted molar refractivity (Wildman–Crippen MR) is 112 cm³/mol. The van der Waals surface area contributed by atoms with E-state index in [0.29, 0.717) is 0 Å². The van der Waals surface area contributed by atoms with E-state index < -0.39 is 17.1 Å². The van der Waals surface area contributed by atoms with Crippen molar-refractivity contribution in [1.82, 2.24) is 0 Å². The SMILES string of the molecule is CCCC(C)(O[Si](C)(CC)c1ccccc1)[SiH](C)c1ccccc1. The normalized spacial score (nSPS) is 17.7. The topological polar surface area (TPSA) is 9.23 Å². The Hall–Kier alpha value is -1.17. The van der Waals surface area contributed by atoms with Gasteiger partial charge >= 0.3 is 0 Å². The van der Waals surface area contributed by atoms with Crippen molar-refractivity contribution in [1.29, 1.82) is 0 Å². The molecule has 2 aromatic rings. The van der Waals surface area contributed by atoms with Crippen LogP contribution < -0.4 is 10.4 Å². The van der Waals surface area contributed by atoms with E-state index in [1.54, 1.807) is 0 Å². The largest absolute Gasteiger partial charge is 0.410 e. The molecule has 0 saturated heterocycles. The molecule has 3 unspecified atom stereocenters. The standard InChI is InChI=1S/C21H32OSi2/c1-6-18-21(3,23(4)19-14-10-8-11-15-19)22-24(5,7-2)20-16-12-9-13-17-20/h8-17,23H,6-7,18H2,1-5H3. The van der Waals surface area contributed by atoms with E-state index in [2.05, 4.69) is 94.5 Å². The third-order valence-electron chi connectivity index (χ3n) is 5.48. The monoisotopic (exact) mass is 356 g/mol. The van der Waals surface area contributed by atoms with Gasteiger partial charge in [0, 0.05) is 5.22 Å². The first-order valence-electron chi connectivity index (χ1n) is 9.26. The average molecular weight is 357 g/mol. The number of benzene rings is 2. The second-order valence-electron chi connectivity index (χ2n) is 7.25. The molecule has 1 nitrogen and oxygen atoms in total. The van der Waals surface area contributed by atoms with Gasteiger partial charge < -0.3 is 4.43 Å². The van der Waals surface area contributed by atoms with Crippen LogP contribution in [0, 0.1) is 0 Å². The third-order valence-corrected chi connectivity index (χ3v) is 13.2. The Labute approximate surface area is 150 Å². The molecule has 0 saturated carbocycles. The maximum Gasteiger partial charge on any atom is 0.221 e. The zero-order valence-electron chi connectivity index (χ0n) is 15.9. The smallest absolute Gasteiger partial charge is 0.221 e. The van der Waals surface area contributed by atoms with Crippen LogP contribution in [0.2, 0.25) is 19.1 Å². The summed E-state index contributed by atoms with van der Waals surface area (Å²) in [6, 6.07) is 23.1. The van der Waals surface area contributed by atoms with Gasteiger partial charge in [0.15, 0.2) is 0 Å². The fourth-order valence-electron chi connectivity index (χ4n) is 3.59. The van der Waals surface area contributed by atoms with Gasteiger partial charge in [0.25, 0.3) is 0 Å². The highest BCUT2D eigenvalue weighted by Crippen LogP contribution is 2.28. The number of hydrogen-bond acceptors (Lipinski definition) is 1. The molecule has 0 spiro atoms. The second kappa shape index (κ2) is 8.28. The van der Waals surface area contributed by atoms with E-state index in [0.717, 1.165) is 12.5 Å². The molecule has 130 valence electrons. The first kappa shape index (κ1) is 19.2. The van der Waals surface area contributed by atoms with Crippen molar-refractivity contribution >= 4 is 27.5 Å². The van der Waals surface area contributed by atoms with Crippen LogP contribution in [0.5, 0.6) is 0 Å². The van der Waals surface area contributed by atoms with Gasteiger partial charge in [-0.25, -0.2) is 0 Å². The molecular weight excluding hydrogens is 324 g/mol. The molecule has 24 heavy (non-hydrogen) atoms. The molecule has 2 aromatic carbocycles. The zero-order chi connectivity index (χ0) is 17.6. The Morgan fingerprint density at radius 3 is 2.00 bits per heavy atom. The van der Waals surface area contributed by atoms with Crippen molar-refractivity contribution in [2.45, 2.75) is 58.0 Å². The summed E-state index contributed by atoms with van der Waals surface area (Å²) in [4.78, 5) is 0. The van der Waals surface area contributed by atoms with Crippen LogP contribution >= 0.6 is 0 Å². The van der Waals surface area contributed by atoms with Gasteiger partial charge in [0.1, 0.15) is 8.80 Å². The zero-order valence-corrected chi connectivity index (χ0v) is 18.0. The van der Waals surface area contributed by atoms with E-state index in [1.165, 1.54) is 16.8 Å². The summed E-state index contributed by atoms with van der Waals surface area (Å²) in [5.74, 6) is 0. The van der Waals surface area contributed by atoms with Crippen molar-refractivity contribution in [2.75, 3.05) is 0 Å². The molecule has 2 rings (SSSR count). The van der Waals surface area contributed by atoms with Gasteiger partial charge in [-0.05, 0) is 31.1 Å². The lowest BCUT2D eigenvalue weighted by molar-refractivity contribution is 0.151. The summed E-state index contributed by atoms with van der Waals surface area (Å²) in [5.41, 5.74) is 0. The summed E-state index contributed by atoms with van der Waals surface area (Å²) in [7, 11) is -3.17. The maximum absolute atomic E-state index is 7.12. The molecule has 0 N–H and O–H groups in total. The van der Waals surface area contributed by atoms with Crippen LogP contribution in [-0.2, 0) is 4.43 Å². The molecule has 0 heterocycles. The summed E-state index contributed by atoms with van der Waals surface area (Å²) in [6.07, 6.45) is 2.31. The van der Waals surface area contributed by atoms with E-state index >= 15 is 0 Å². The molecule has 0 fully saturated rings. The minimum atomic E-state index is -1.93. The molecule has 0 aliphatic heterocycles. The first-order valence-corrected chi connectivity index (χ1v) is 14.2. The van der Waals surface area contributed by atoms with Crippen molar-refractivity contribution in [2.24, 2.45) is 0 Å². The Bertz CT molecular complexity index is 616. The summed E-state index contributed by atoms with van der Waals surface area (Å²) < 4.78 is 7.12. The quantitative estimate of drug-likeness (QED) is 0.638. The summed E-state index contributed by atoms with van der Waals surface area (Å²) >= 11 is 0. The van der Waals surface area contributed by atoms with Crippen molar-refractivity contribution in [3.63, 3.8) is 0 Å². The van der Waals surface area contributed by atoms with Crippen LogP contribution in [0.3, 0.4) is 0 Å². The first-order chi connectivity index (χ1) is 11.4. The lowest BCUT2D eigenvalue weighted by Gasteiger charge is -2.43. The summed E-state index contributed by atoms with van der Waals surface area (Å²) in [6.45, 7) is 11.8. The Kier molecular flexibility index (Phi) is 6.61. The Morgan fingerprint density at radius 2 is 1.50 bits per heavy atom. The molecule has 0 amide bonds. The molecule has 3 heteroatoms.